The Morgan fingerprint density at radius 2 is 1.90 bits per heavy atom. The minimum absolute atomic E-state index is 0.0279. The van der Waals surface area contributed by atoms with Gasteiger partial charge in [-0.25, -0.2) is 4.39 Å². The van der Waals surface area contributed by atoms with Gasteiger partial charge in [-0.1, -0.05) is 30.3 Å². The maximum absolute atomic E-state index is 13.3. The third-order valence-corrected chi connectivity index (χ3v) is 4.16. The summed E-state index contributed by atoms with van der Waals surface area (Å²) >= 11 is 5.58. The summed E-state index contributed by atoms with van der Waals surface area (Å²) in [6.45, 7) is 3.78. The summed E-state index contributed by atoms with van der Waals surface area (Å²) in [4.78, 5) is 23.8. The quantitative estimate of drug-likeness (QED) is 0.615. The molecule has 2 aromatic rings. The molecule has 29 heavy (non-hydrogen) atoms. The number of benzene rings is 2. The van der Waals surface area contributed by atoms with Crippen LogP contribution >= 0.6 is 11.6 Å². The van der Waals surface area contributed by atoms with Gasteiger partial charge >= 0.3 is 0 Å². The molecular weight excluding hydrogens is 399 g/mol. The highest BCUT2D eigenvalue weighted by molar-refractivity contribution is 6.30. The lowest BCUT2D eigenvalue weighted by Crippen LogP contribution is -2.29. The van der Waals surface area contributed by atoms with Crippen molar-refractivity contribution in [1.82, 2.24) is 10.6 Å². The van der Waals surface area contributed by atoms with Crippen LogP contribution in [0.25, 0.3) is 0 Å². The summed E-state index contributed by atoms with van der Waals surface area (Å²) in [5.74, 6) is -0.354. The standard InChI is InChI=1S/C21H22ClFN2O4/c1-14(25-21(27)13-29-17-7-8-18(22)19(23)11-17)6-9-20(26)24-12-15-4-3-5-16(10-15)28-2/h3-5,7-8,10-11H,1,6,9,12-13H2,2H3,(H,24,26)(H,25,27). The van der Waals surface area contributed by atoms with Crippen molar-refractivity contribution in [3.63, 3.8) is 0 Å². The van der Waals surface area contributed by atoms with E-state index in [0.717, 1.165) is 17.4 Å². The second kappa shape index (κ2) is 11.1. The van der Waals surface area contributed by atoms with Crippen LogP contribution in [0.4, 0.5) is 4.39 Å². The van der Waals surface area contributed by atoms with Crippen molar-refractivity contribution in [2.75, 3.05) is 13.7 Å². The molecule has 0 fully saturated rings. The molecule has 0 aliphatic carbocycles. The first-order valence-corrected chi connectivity index (χ1v) is 9.20. The fourth-order valence-electron chi connectivity index (χ4n) is 2.35. The monoisotopic (exact) mass is 420 g/mol. The Morgan fingerprint density at radius 3 is 2.62 bits per heavy atom. The van der Waals surface area contributed by atoms with Crippen molar-refractivity contribution in [2.45, 2.75) is 19.4 Å². The number of carbonyl (C=O) groups is 2. The smallest absolute Gasteiger partial charge is 0.262 e. The van der Waals surface area contributed by atoms with E-state index in [1.807, 2.05) is 24.3 Å². The van der Waals surface area contributed by atoms with E-state index in [-0.39, 0.29) is 36.1 Å². The molecule has 2 amide bonds. The molecule has 6 nitrogen and oxygen atoms in total. The normalized spacial score (nSPS) is 10.2. The number of allylic oxidation sites excluding steroid dienone is 1. The molecule has 0 aromatic heterocycles. The molecule has 0 saturated heterocycles. The third kappa shape index (κ3) is 7.83. The van der Waals surface area contributed by atoms with E-state index < -0.39 is 11.7 Å². The van der Waals surface area contributed by atoms with Crippen LogP contribution in [0.3, 0.4) is 0 Å². The van der Waals surface area contributed by atoms with E-state index in [1.54, 1.807) is 7.11 Å². The van der Waals surface area contributed by atoms with Crippen LogP contribution < -0.4 is 20.1 Å². The van der Waals surface area contributed by atoms with Gasteiger partial charge in [-0.2, -0.15) is 0 Å². The van der Waals surface area contributed by atoms with Crippen molar-refractivity contribution in [2.24, 2.45) is 0 Å². The summed E-state index contributed by atoms with van der Waals surface area (Å²) in [5.41, 5.74) is 1.30. The predicted molar refractivity (Wildman–Crippen MR) is 108 cm³/mol. The summed E-state index contributed by atoms with van der Waals surface area (Å²) < 4.78 is 23.7. The predicted octanol–water partition coefficient (Wildman–Crippen LogP) is 3.59. The highest BCUT2D eigenvalue weighted by Gasteiger charge is 2.09. The summed E-state index contributed by atoms with van der Waals surface area (Å²) in [5, 5.41) is 5.31. The minimum atomic E-state index is -0.631. The van der Waals surface area contributed by atoms with Gasteiger partial charge in [0.2, 0.25) is 5.91 Å². The van der Waals surface area contributed by atoms with Gasteiger partial charge in [0.25, 0.3) is 5.91 Å². The second-order valence-electron chi connectivity index (χ2n) is 6.14. The molecule has 8 heteroatoms. The molecule has 0 radical (unpaired) electrons. The molecule has 2 aromatic carbocycles. The lowest BCUT2D eigenvalue weighted by atomic mass is 10.2. The van der Waals surface area contributed by atoms with Crippen LogP contribution in [-0.4, -0.2) is 25.5 Å². The Bertz CT molecular complexity index is 889. The van der Waals surface area contributed by atoms with Crippen molar-refractivity contribution in [3.05, 3.63) is 71.1 Å². The third-order valence-electron chi connectivity index (χ3n) is 3.85. The SMILES string of the molecule is C=C(CCC(=O)NCc1cccc(OC)c1)NC(=O)COc1ccc(Cl)c(F)c1. The summed E-state index contributed by atoms with van der Waals surface area (Å²) in [6.07, 6.45) is 0.456. The van der Waals surface area contributed by atoms with Crippen molar-refractivity contribution in [1.29, 1.82) is 0 Å². The van der Waals surface area contributed by atoms with Crippen LogP contribution in [-0.2, 0) is 16.1 Å². The second-order valence-corrected chi connectivity index (χ2v) is 6.55. The largest absolute Gasteiger partial charge is 0.497 e. The molecule has 2 rings (SSSR count). The van der Waals surface area contributed by atoms with Gasteiger partial charge in [0.05, 0.1) is 12.1 Å². The first-order valence-electron chi connectivity index (χ1n) is 8.82. The van der Waals surface area contributed by atoms with E-state index in [1.165, 1.54) is 12.1 Å². The van der Waals surface area contributed by atoms with E-state index in [2.05, 4.69) is 17.2 Å². The van der Waals surface area contributed by atoms with Crippen molar-refractivity contribution >= 4 is 23.4 Å². The van der Waals surface area contributed by atoms with Gasteiger partial charge < -0.3 is 20.1 Å². The average molecular weight is 421 g/mol. The molecule has 0 heterocycles. The Labute approximate surface area is 173 Å². The number of hydrogen-bond acceptors (Lipinski definition) is 4. The van der Waals surface area contributed by atoms with Crippen LogP contribution in [0.15, 0.2) is 54.7 Å². The fourth-order valence-corrected chi connectivity index (χ4v) is 2.46. The fraction of sp³-hybridized carbons (Fsp3) is 0.238. The Morgan fingerprint density at radius 1 is 1.10 bits per heavy atom. The number of halogens is 2. The van der Waals surface area contributed by atoms with Crippen LogP contribution in [0.5, 0.6) is 11.5 Å². The molecule has 0 spiro atoms. The van der Waals surface area contributed by atoms with Gasteiger partial charge in [0.15, 0.2) is 6.61 Å². The molecular formula is C21H22ClFN2O4. The van der Waals surface area contributed by atoms with Crippen molar-refractivity contribution in [3.8, 4) is 11.5 Å². The Kier molecular flexibility index (Phi) is 8.48. The number of amides is 2. The minimum Gasteiger partial charge on any atom is -0.497 e. The van der Waals surface area contributed by atoms with Crippen molar-refractivity contribution < 1.29 is 23.5 Å². The average Bonchev–Trinajstić information content (AvgIpc) is 2.71. The summed E-state index contributed by atoms with van der Waals surface area (Å²) in [7, 11) is 1.58. The lowest BCUT2D eigenvalue weighted by Gasteiger charge is -2.10. The molecule has 0 bridgehead atoms. The number of hydrogen-bond donors (Lipinski definition) is 2. The molecule has 0 aliphatic rings. The molecule has 154 valence electrons. The van der Waals surface area contributed by atoms with E-state index in [9.17, 15) is 14.0 Å². The zero-order chi connectivity index (χ0) is 21.2. The molecule has 0 unspecified atom stereocenters. The number of methoxy groups -OCH3 is 1. The van der Waals surface area contributed by atoms with Gasteiger partial charge in [0, 0.05) is 24.7 Å². The van der Waals surface area contributed by atoms with Gasteiger partial charge in [-0.15, -0.1) is 0 Å². The topological polar surface area (TPSA) is 76.7 Å². The zero-order valence-corrected chi connectivity index (χ0v) is 16.7. The van der Waals surface area contributed by atoms with Crippen LogP contribution in [0, 0.1) is 5.82 Å². The van der Waals surface area contributed by atoms with E-state index in [4.69, 9.17) is 21.1 Å². The maximum Gasteiger partial charge on any atom is 0.262 e. The lowest BCUT2D eigenvalue weighted by molar-refractivity contribution is -0.123. The molecule has 0 aliphatic heterocycles. The molecule has 0 atom stereocenters. The number of ether oxygens (including phenoxy) is 2. The first kappa shape index (κ1) is 22.2. The summed E-state index contributed by atoms with van der Waals surface area (Å²) in [6, 6.07) is 11.3. The van der Waals surface area contributed by atoms with Crippen LogP contribution in [0.2, 0.25) is 5.02 Å². The number of nitrogens with one attached hydrogen (secondary N) is 2. The maximum atomic E-state index is 13.3. The molecule has 0 saturated carbocycles. The first-order chi connectivity index (χ1) is 13.9. The van der Waals surface area contributed by atoms with Gasteiger partial charge in [0.1, 0.15) is 17.3 Å². The highest BCUT2D eigenvalue weighted by Crippen LogP contribution is 2.20. The van der Waals surface area contributed by atoms with Crippen LogP contribution in [0.1, 0.15) is 18.4 Å². The van der Waals surface area contributed by atoms with E-state index in [0.29, 0.717) is 12.2 Å². The van der Waals surface area contributed by atoms with Gasteiger partial charge in [-0.3, -0.25) is 9.59 Å². The number of carbonyl (C=O) groups excluding carboxylic acids is 2. The zero-order valence-electron chi connectivity index (χ0n) is 16.0. The number of rotatable bonds is 10. The molecule has 2 N–H and O–H groups in total. The Balaban J connectivity index is 1.66. The highest BCUT2D eigenvalue weighted by atomic mass is 35.5. The van der Waals surface area contributed by atoms with E-state index >= 15 is 0 Å². The Hall–Kier alpha value is -3.06. The van der Waals surface area contributed by atoms with Gasteiger partial charge in [-0.05, 0) is 36.2 Å².